The van der Waals surface area contributed by atoms with Crippen LogP contribution in [0.5, 0.6) is 0 Å². The van der Waals surface area contributed by atoms with Gasteiger partial charge in [0.15, 0.2) is 0 Å². The maximum atomic E-state index is 3.66. The highest BCUT2D eigenvalue weighted by molar-refractivity contribution is 5.32. The van der Waals surface area contributed by atoms with Crippen LogP contribution in [-0.2, 0) is 6.42 Å². The summed E-state index contributed by atoms with van der Waals surface area (Å²) in [6.45, 7) is 2.30. The summed E-state index contributed by atoms with van der Waals surface area (Å²) in [5.41, 5.74) is 3.08. The third-order valence-electron chi connectivity index (χ3n) is 3.86. The molecule has 2 aliphatic rings. The van der Waals surface area contributed by atoms with E-state index in [1.165, 1.54) is 31.4 Å². The molecule has 3 rings (SSSR count). The molecule has 0 radical (unpaired) electrons. The first-order chi connectivity index (χ1) is 7.84. The first-order valence-electron chi connectivity index (χ1n) is 6.36. The second-order valence-corrected chi connectivity index (χ2v) is 5.13. The van der Waals surface area contributed by atoms with E-state index in [-0.39, 0.29) is 0 Å². The standard InChI is InChI=1S/C14H20N2/c1-16-9-8-11-4-2-3-5-13(11)14(16)10-15-12-6-7-12/h2-5,12,14-15H,6-10H2,1H3. The minimum Gasteiger partial charge on any atom is -0.312 e. The number of rotatable bonds is 3. The monoisotopic (exact) mass is 216 g/mol. The van der Waals surface area contributed by atoms with E-state index < -0.39 is 0 Å². The molecule has 0 aromatic heterocycles. The Kier molecular flexibility index (Phi) is 2.70. The molecule has 2 nitrogen and oxygen atoms in total. The highest BCUT2D eigenvalue weighted by Gasteiger charge is 2.27. The molecular formula is C14H20N2. The van der Waals surface area contributed by atoms with Crippen LogP contribution < -0.4 is 5.32 Å². The third kappa shape index (κ3) is 2.00. The predicted octanol–water partition coefficient (Wildman–Crippen LogP) is 1.97. The van der Waals surface area contributed by atoms with Crippen LogP contribution >= 0.6 is 0 Å². The summed E-state index contributed by atoms with van der Waals surface area (Å²) in [4.78, 5) is 2.48. The van der Waals surface area contributed by atoms with Crippen LogP contribution in [0.25, 0.3) is 0 Å². The molecule has 2 heteroatoms. The Balaban J connectivity index is 1.78. The maximum absolute atomic E-state index is 3.66. The quantitative estimate of drug-likeness (QED) is 0.831. The molecule has 1 saturated carbocycles. The van der Waals surface area contributed by atoms with Crippen LogP contribution in [0.1, 0.15) is 30.0 Å². The zero-order valence-corrected chi connectivity index (χ0v) is 9.95. The average Bonchev–Trinajstić information content (AvgIpc) is 3.12. The van der Waals surface area contributed by atoms with E-state index >= 15 is 0 Å². The van der Waals surface area contributed by atoms with Crippen molar-refractivity contribution in [2.45, 2.75) is 31.3 Å². The lowest BCUT2D eigenvalue weighted by Gasteiger charge is -2.34. The topological polar surface area (TPSA) is 15.3 Å². The smallest absolute Gasteiger partial charge is 0.0472 e. The van der Waals surface area contributed by atoms with Gasteiger partial charge in [0.1, 0.15) is 0 Å². The fraction of sp³-hybridized carbons (Fsp3) is 0.571. The molecule has 1 aliphatic heterocycles. The van der Waals surface area contributed by atoms with Crippen LogP contribution in [-0.4, -0.2) is 31.1 Å². The lowest BCUT2D eigenvalue weighted by Crippen LogP contribution is -2.38. The summed E-state index contributed by atoms with van der Waals surface area (Å²) < 4.78 is 0. The van der Waals surface area contributed by atoms with E-state index in [0.717, 1.165) is 12.6 Å². The summed E-state index contributed by atoms with van der Waals surface area (Å²) in [5, 5.41) is 3.66. The van der Waals surface area contributed by atoms with E-state index in [0.29, 0.717) is 6.04 Å². The number of hydrogen-bond acceptors (Lipinski definition) is 2. The van der Waals surface area contributed by atoms with Gasteiger partial charge in [-0.25, -0.2) is 0 Å². The molecule has 0 bridgehead atoms. The molecule has 1 unspecified atom stereocenters. The van der Waals surface area contributed by atoms with Crippen molar-refractivity contribution in [2.75, 3.05) is 20.1 Å². The first kappa shape index (κ1) is 10.3. The molecular weight excluding hydrogens is 196 g/mol. The van der Waals surface area contributed by atoms with Gasteiger partial charge in [-0.2, -0.15) is 0 Å². The summed E-state index contributed by atoms with van der Waals surface area (Å²) in [7, 11) is 2.25. The largest absolute Gasteiger partial charge is 0.312 e. The second-order valence-electron chi connectivity index (χ2n) is 5.13. The van der Waals surface area contributed by atoms with Gasteiger partial charge >= 0.3 is 0 Å². The Hall–Kier alpha value is -0.860. The first-order valence-corrected chi connectivity index (χ1v) is 6.36. The number of nitrogens with one attached hydrogen (secondary N) is 1. The summed E-state index contributed by atoms with van der Waals surface area (Å²) in [5.74, 6) is 0. The SMILES string of the molecule is CN1CCc2ccccc2C1CNC1CC1. The highest BCUT2D eigenvalue weighted by Crippen LogP contribution is 2.29. The molecule has 1 aromatic carbocycles. The second kappa shape index (κ2) is 4.19. The number of hydrogen-bond donors (Lipinski definition) is 1. The van der Waals surface area contributed by atoms with E-state index in [1.54, 1.807) is 5.56 Å². The lowest BCUT2D eigenvalue weighted by molar-refractivity contribution is 0.224. The number of likely N-dealkylation sites (N-methyl/N-ethyl adjacent to an activating group) is 1. The van der Waals surface area contributed by atoms with E-state index in [2.05, 4.69) is 41.5 Å². The van der Waals surface area contributed by atoms with Gasteiger partial charge < -0.3 is 5.32 Å². The Morgan fingerprint density at radius 2 is 2.12 bits per heavy atom. The molecule has 1 N–H and O–H groups in total. The molecule has 0 saturated heterocycles. The third-order valence-corrected chi connectivity index (χ3v) is 3.86. The summed E-state index contributed by atoms with van der Waals surface area (Å²) >= 11 is 0. The van der Waals surface area contributed by atoms with Gasteiger partial charge in [-0.3, -0.25) is 4.90 Å². The van der Waals surface area contributed by atoms with E-state index in [1.807, 2.05) is 0 Å². The van der Waals surface area contributed by atoms with Gasteiger partial charge in [-0.15, -0.1) is 0 Å². The number of fused-ring (bicyclic) bond motifs is 1. The van der Waals surface area contributed by atoms with Gasteiger partial charge in [0.2, 0.25) is 0 Å². The highest BCUT2D eigenvalue weighted by atomic mass is 15.2. The number of nitrogens with zero attached hydrogens (tertiary/aromatic N) is 1. The molecule has 86 valence electrons. The van der Waals surface area contributed by atoms with Crippen LogP contribution in [0.15, 0.2) is 24.3 Å². The van der Waals surface area contributed by atoms with Crippen molar-refractivity contribution in [3.05, 3.63) is 35.4 Å². The molecule has 1 atom stereocenters. The fourth-order valence-corrected chi connectivity index (χ4v) is 2.61. The van der Waals surface area contributed by atoms with Crippen LogP contribution in [0.2, 0.25) is 0 Å². The van der Waals surface area contributed by atoms with Crippen molar-refractivity contribution in [3.63, 3.8) is 0 Å². The molecule has 1 heterocycles. The van der Waals surface area contributed by atoms with Crippen molar-refractivity contribution < 1.29 is 0 Å². The Labute approximate surface area is 97.6 Å². The van der Waals surface area contributed by atoms with Crippen LogP contribution in [0.3, 0.4) is 0 Å². The molecule has 1 aliphatic carbocycles. The molecule has 1 fully saturated rings. The van der Waals surface area contributed by atoms with Crippen molar-refractivity contribution in [2.24, 2.45) is 0 Å². The Bertz CT molecular complexity index is 371. The predicted molar refractivity (Wildman–Crippen MR) is 66.5 cm³/mol. The molecule has 16 heavy (non-hydrogen) atoms. The van der Waals surface area contributed by atoms with Gasteiger partial charge in [-0.05, 0) is 37.4 Å². The molecule has 0 spiro atoms. The Morgan fingerprint density at radius 1 is 1.31 bits per heavy atom. The van der Waals surface area contributed by atoms with Crippen LogP contribution in [0.4, 0.5) is 0 Å². The normalized spacial score (nSPS) is 25.4. The van der Waals surface area contributed by atoms with Gasteiger partial charge in [0.25, 0.3) is 0 Å². The van der Waals surface area contributed by atoms with Crippen molar-refractivity contribution in [3.8, 4) is 0 Å². The van der Waals surface area contributed by atoms with Gasteiger partial charge in [-0.1, -0.05) is 24.3 Å². The summed E-state index contributed by atoms with van der Waals surface area (Å²) in [6, 6.07) is 10.3. The minimum absolute atomic E-state index is 0.575. The van der Waals surface area contributed by atoms with Crippen molar-refractivity contribution in [1.29, 1.82) is 0 Å². The minimum atomic E-state index is 0.575. The zero-order valence-electron chi connectivity index (χ0n) is 9.95. The maximum Gasteiger partial charge on any atom is 0.0472 e. The Morgan fingerprint density at radius 3 is 2.94 bits per heavy atom. The van der Waals surface area contributed by atoms with Gasteiger partial charge in [0, 0.05) is 25.2 Å². The van der Waals surface area contributed by atoms with E-state index in [9.17, 15) is 0 Å². The zero-order chi connectivity index (χ0) is 11.0. The fourth-order valence-electron chi connectivity index (χ4n) is 2.61. The van der Waals surface area contributed by atoms with E-state index in [4.69, 9.17) is 0 Å². The van der Waals surface area contributed by atoms with Crippen molar-refractivity contribution >= 4 is 0 Å². The van der Waals surface area contributed by atoms with Gasteiger partial charge in [0.05, 0.1) is 0 Å². The average molecular weight is 216 g/mol. The number of benzene rings is 1. The summed E-state index contributed by atoms with van der Waals surface area (Å²) in [6.07, 6.45) is 3.95. The van der Waals surface area contributed by atoms with Crippen LogP contribution in [0, 0.1) is 0 Å². The molecule has 0 amide bonds. The molecule has 1 aromatic rings. The lowest BCUT2D eigenvalue weighted by atomic mass is 9.93. The van der Waals surface area contributed by atoms with Crippen molar-refractivity contribution in [1.82, 2.24) is 10.2 Å².